The molecule has 0 radical (unpaired) electrons. The number of halogens is 1. The molecular formula is C13H19BrN2O. The van der Waals surface area contributed by atoms with Gasteiger partial charge in [-0.1, -0.05) is 41.1 Å². The monoisotopic (exact) mass is 298 g/mol. The first-order valence-electron chi connectivity index (χ1n) is 5.95. The van der Waals surface area contributed by atoms with E-state index in [2.05, 4.69) is 33.5 Å². The molecule has 17 heavy (non-hydrogen) atoms. The molecule has 0 aliphatic heterocycles. The van der Waals surface area contributed by atoms with E-state index in [4.69, 9.17) is 0 Å². The second kappa shape index (κ2) is 8.25. The molecule has 0 saturated carbocycles. The SMILES string of the molecule is CCNCCNC(=O)CCc1ccccc1Br. The number of aryl methyl sites for hydroxylation is 1. The van der Waals surface area contributed by atoms with Crippen molar-refractivity contribution in [3.63, 3.8) is 0 Å². The Balaban J connectivity index is 2.22. The molecule has 0 atom stereocenters. The fourth-order valence-electron chi connectivity index (χ4n) is 1.50. The fourth-order valence-corrected chi connectivity index (χ4v) is 1.99. The molecule has 1 amide bonds. The van der Waals surface area contributed by atoms with Gasteiger partial charge in [-0.05, 0) is 24.6 Å². The van der Waals surface area contributed by atoms with Crippen LogP contribution in [0.5, 0.6) is 0 Å². The van der Waals surface area contributed by atoms with Gasteiger partial charge < -0.3 is 10.6 Å². The van der Waals surface area contributed by atoms with Crippen LogP contribution in [0.25, 0.3) is 0 Å². The minimum absolute atomic E-state index is 0.110. The van der Waals surface area contributed by atoms with Crippen LogP contribution >= 0.6 is 15.9 Å². The van der Waals surface area contributed by atoms with Gasteiger partial charge in [0, 0.05) is 24.0 Å². The zero-order valence-electron chi connectivity index (χ0n) is 10.1. The van der Waals surface area contributed by atoms with E-state index in [1.54, 1.807) is 0 Å². The average molecular weight is 299 g/mol. The summed E-state index contributed by atoms with van der Waals surface area (Å²) in [6.45, 7) is 4.52. The summed E-state index contributed by atoms with van der Waals surface area (Å²) >= 11 is 3.48. The number of rotatable bonds is 7. The van der Waals surface area contributed by atoms with Crippen molar-refractivity contribution in [3.8, 4) is 0 Å². The summed E-state index contributed by atoms with van der Waals surface area (Å²) in [6, 6.07) is 8.00. The summed E-state index contributed by atoms with van der Waals surface area (Å²) < 4.78 is 1.07. The van der Waals surface area contributed by atoms with Crippen LogP contribution in [0.1, 0.15) is 18.9 Å². The van der Waals surface area contributed by atoms with Gasteiger partial charge in [-0.3, -0.25) is 4.79 Å². The largest absolute Gasteiger partial charge is 0.355 e. The highest BCUT2D eigenvalue weighted by molar-refractivity contribution is 9.10. The maximum atomic E-state index is 11.5. The van der Waals surface area contributed by atoms with Gasteiger partial charge in [-0.25, -0.2) is 0 Å². The topological polar surface area (TPSA) is 41.1 Å². The predicted molar refractivity (Wildman–Crippen MR) is 74.0 cm³/mol. The van der Waals surface area contributed by atoms with Gasteiger partial charge in [-0.15, -0.1) is 0 Å². The Labute approximate surface area is 111 Å². The van der Waals surface area contributed by atoms with Crippen LogP contribution in [-0.2, 0) is 11.2 Å². The molecule has 4 heteroatoms. The van der Waals surface area contributed by atoms with E-state index >= 15 is 0 Å². The van der Waals surface area contributed by atoms with Gasteiger partial charge >= 0.3 is 0 Å². The highest BCUT2D eigenvalue weighted by Crippen LogP contribution is 2.17. The number of nitrogens with one attached hydrogen (secondary N) is 2. The second-order valence-corrected chi connectivity index (χ2v) is 4.65. The summed E-state index contributed by atoms with van der Waals surface area (Å²) in [4.78, 5) is 11.5. The molecule has 1 rings (SSSR count). The van der Waals surface area contributed by atoms with Crippen molar-refractivity contribution in [1.29, 1.82) is 0 Å². The fraction of sp³-hybridized carbons (Fsp3) is 0.462. The quantitative estimate of drug-likeness (QED) is 0.757. The van der Waals surface area contributed by atoms with Crippen LogP contribution < -0.4 is 10.6 Å². The molecule has 0 spiro atoms. The lowest BCUT2D eigenvalue weighted by atomic mass is 10.1. The molecular weight excluding hydrogens is 280 g/mol. The number of amides is 1. The van der Waals surface area contributed by atoms with Crippen molar-refractivity contribution in [2.75, 3.05) is 19.6 Å². The third-order valence-corrected chi connectivity index (χ3v) is 3.23. The summed E-state index contributed by atoms with van der Waals surface area (Å²) in [6.07, 6.45) is 1.31. The van der Waals surface area contributed by atoms with Crippen LogP contribution in [0.3, 0.4) is 0 Å². The van der Waals surface area contributed by atoms with Crippen LogP contribution in [-0.4, -0.2) is 25.5 Å². The van der Waals surface area contributed by atoms with E-state index < -0.39 is 0 Å². The molecule has 0 aliphatic rings. The first-order valence-corrected chi connectivity index (χ1v) is 6.74. The van der Waals surface area contributed by atoms with Crippen molar-refractivity contribution in [2.45, 2.75) is 19.8 Å². The van der Waals surface area contributed by atoms with Crippen molar-refractivity contribution in [1.82, 2.24) is 10.6 Å². The first kappa shape index (κ1) is 14.2. The highest BCUT2D eigenvalue weighted by Gasteiger charge is 2.03. The Morgan fingerprint density at radius 3 is 2.76 bits per heavy atom. The van der Waals surface area contributed by atoms with E-state index in [9.17, 15) is 4.79 Å². The number of hydrogen-bond donors (Lipinski definition) is 2. The molecule has 0 fully saturated rings. The molecule has 1 aromatic carbocycles. The smallest absolute Gasteiger partial charge is 0.220 e. The van der Waals surface area contributed by atoms with Crippen molar-refractivity contribution in [2.24, 2.45) is 0 Å². The van der Waals surface area contributed by atoms with Crippen LogP contribution in [0.2, 0.25) is 0 Å². The second-order valence-electron chi connectivity index (χ2n) is 3.79. The van der Waals surface area contributed by atoms with Gasteiger partial charge in [0.1, 0.15) is 0 Å². The van der Waals surface area contributed by atoms with Gasteiger partial charge in [-0.2, -0.15) is 0 Å². The maximum Gasteiger partial charge on any atom is 0.220 e. The summed E-state index contributed by atoms with van der Waals surface area (Å²) in [7, 11) is 0. The lowest BCUT2D eigenvalue weighted by Crippen LogP contribution is -2.31. The standard InChI is InChI=1S/C13H19BrN2O/c1-2-15-9-10-16-13(17)8-7-11-5-3-4-6-12(11)14/h3-6,15H,2,7-10H2,1H3,(H,16,17). The summed E-state index contributed by atoms with van der Waals surface area (Å²) in [5, 5.41) is 6.05. The average Bonchev–Trinajstić information content (AvgIpc) is 2.34. The molecule has 0 heterocycles. The molecule has 0 saturated heterocycles. The number of hydrogen-bond acceptors (Lipinski definition) is 2. The van der Waals surface area contributed by atoms with E-state index in [1.165, 1.54) is 5.56 Å². The molecule has 0 aromatic heterocycles. The van der Waals surface area contributed by atoms with Crippen molar-refractivity contribution < 1.29 is 4.79 Å². The number of carbonyl (C=O) groups is 1. The molecule has 2 N–H and O–H groups in total. The van der Waals surface area contributed by atoms with Gasteiger partial charge in [0.25, 0.3) is 0 Å². The Bertz CT molecular complexity index is 355. The third kappa shape index (κ3) is 5.84. The van der Waals surface area contributed by atoms with Gasteiger partial charge in [0.15, 0.2) is 0 Å². The first-order chi connectivity index (χ1) is 8.24. The minimum atomic E-state index is 0.110. The Morgan fingerprint density at radius 1 is 1.29 bits per heavy atom. The molecule has 0 unspecified atom stereocenters. The maximum absolute atomic E-state index is 11.5. The Kier molecular flexibility index (Phi) is 6.89. The normalized spacial score (nSPS) is 10.2. The molecule has 1 aromatic rings. The molecule has 0 aliphatic carbocycles. The van der Waals surface area contributed by atoms with E-state index in [0.717, 1.165) is 24.0 Å². The zero-order chi connectivity index (χ0) is 12.5. The van der Waals surface area contributed by atoms with E-state index in [0.29, 0.717) is 13.0 Å². The lowest BCUT2D eigenvalue weighted by Gasteiger charge is -2.06. The van der Waals surface area contributed by atoms with Crippen molar-refractivity contribution in [3.05, 3.63) is 34.3 Å². The third-order valence-electron chi connectivity index (χ3n) is 2.45. The summed E-state index contributed by atoms with van der Waals surface area (Å²) in [5.41, 5.74) is 1.18. The Hall–Kier alpha value is -0.870. The van der Waals surface area contributed by atoms with E-state index in [1.807, 2.05) is 24.3 Å². The molecule has 94 valence electrons. The summed E-state index contributed by atoms with van der Waals surface area (Å²) in [5.74, 6) is 0.110. The van der Waals surface area contributed by atoms with Gasteiger partial charge in [0.05, 0.1) is 0 Å². The predicted octanol–water partition coefficient (Wildman–Crippen LogP) is 2.11. The van der Waals surface area contributed by atoms with Gasteiger partial charge in [0.2, 0.25) is 5.91 Å². The Morgan fingerprint density at radius 2 is 2.06 bits per heavy atom. The van der Waals surface area contributed by atoms with Crippen molar-refractivity contribution >= 4 is 21.8 Å². The highest BCUT2D eigenvalue weighted by atomic mass is 79.9. The zero-order valence-corrected chi connectivity index (χ0v) is 11.7. The molecule has 0 bridgehead atoms. The number of benzene rings is 1. The minimum Gasteiger partial charge on any atom is -0.355 e. The van der Waals surface area contributed by atoms with Crippen LogP contribution in [0.15, 0.2) is 28.7 Å². The number of likely N-dealkylation sites (N-methyl/N-ethyl adjacent to an activating group) is 1. The van der Waals surface area contributed by atoms with Crippen LogP contribution in [0.4, 0.5) is 0 Å². The lowest BCUT2D eigenvalue weighted by molar-refractivity contribution is -0.121. The molecule has 3 nitrogen and oxygen atoms in total. The number of carbonyl (C=O) groups excluding carboxylic acids is 1. The van der Waals surface area contributed by atoms with Crippen LogP contribution in [0, 0.1) is 0 Å². The van der Waals surface area contributed by atoms with E-state index in [-0.39, 0.29) is 5.91 Å².